The number of likely N-dealkylation sites (N-methyl/N-ethyl adjacent to an activating group) is 1. The minimum absolute atomic E-state index is 0.0375. The number of ether oxygens (including phenoxy) is 1. The molecule has 1 aliphatic heterocycles. The van der Waals surface area contributed by atoms with Gasteiger partial charge in [0.1, 0.15) is 10.4 Å². The van der Waals surface area contributed by atoms with Crippen LogP contribution in [0.1, 0.15) is 18.1 Å². The Morgan fingerprint density at radius 1 is 1.09 bits per heavy atom. The predicted octanol–water partition coefficient (Wildman–Crippen LogP) is 4.40. The summed E-state index contributed by atoms with van der Waals surface area (Å²) in [6.45, 7) is 4.27. The predicted molar refractivity (Wildman–Crippen MR) is 179 cm³/mol. The van der Waals surface area contributed by atoms with E-state index in [0.717, 1.165) is 20.8 Å². The Bertz CT molecular complexity index is 2360. The molecule has 2 aromatic carbocycles. The van der Waals surface area contributed by atoms with Crippen molar-refractivity contribution in [2.75, 3.05) is 38.0 Å². The van der Waals surface area contributed by atoms with Crippen molar-refractivity contribution in [1.82, 2.24) is 23.2 Å². The maximum absolute atomic E-state index is 13.9. The third-order valence-corrected chi connectivity index (χ3v) is 11.1. The average Bonchev–Trinajstić information content (AvgIpc) is 3.78. The quantitative estimate of drug-likeness (QED) is 0.266. The molecule has 7 rings (SSSR count). The smallest absolute Gasteiger partial charge is 0.278 e. The normalized spacial score (nSPS) is 14.0. The molecule has 1 atom stereocenters. The fraction of sp³-hybridized carbons (Fsp3) is 0.250. The summed E-state index contributed by atoms with van der Waals surface area (Å²) in [5.74, 6) is 0.485. The number of carbonyl (C=O) groups excluding carboxylic acids is 1. The first-order chi connectivity index (χ1) is 22.0. The van der Waals surface area contributed by atoms with E-state index in [0.29, 0.717) is 40.0 Å². The van der Waals surface area contributed by atoms with Crippen LogP contribution in [-0.2, 0) is 21.2 Å². The largest absolute Gasteiger partial charge is 0.495 e. The number of carbonyl (C=O) groups is 1. The van der Waals surface area contributed by atoms with Gasteiger partial charge in [-0.2, -0.15) is 4.98 Å². The molecule has 236 valence electrons. The van der Waals surface area contributed by atoms with Gasteiger partial charge in [-0.05, 0) is 81.7 Å². The summed E-state index contributed by atoms with van der Waals surface area (Å²) in [6.07, 6.45) is 2.08. The standard InChI is InChI=1S/C32H31N7O5S2/c1-18-6-8-21(9-7-18)46(42,43)38-14-11-22-28(38)35-32(39-29(22)33-23-12-15-45-27(23)31(39)41)34-24-17-25-20(16-26(24)44-5)10-13-37(25)30(40)19(2)36(3)4/h6-9,11-12,14-17,19H,10,13H2,1-5H3,(H,34,35)/t19-/m0/s1. The van der Waals surface area contributed by atoms with Crippen LogP contribution < -0.4 is 20.5 Å². The van der Waals surface area contributed by atoms with Crippen LogP contribution in [0, 0.1) is 6.92 Å². The lowest BCUT2D eigenvalue weighted by molar-refractivity contribution is -0.122. The van der Waals surface area contributed by atoms with Gasteiger partial charge in [0.05, 0.1) is 34.6 Å². The van der Waals surface area contributed by atoms with Gasteiger partial charge in [-0.3, -0.25) is 14.5 Å². The van der Waals surface area contributed by atoms with Crippen molar-refractivity contribution in [1.29, 1.82) is 0 Å². The second-order valence-corrected chi connectivity index (χ2v) is 14.2. The molecule has 46 heavy (non-hydrogen) atoms. The molecular weight excluding hydrogens is 627 g/mol. The highest BCUT2D eigenvalue weighted by Gasteiger charge is 2.31. The van der Waals surface area contributed by atoms with Gasteiger partial charge in [-0.15, -0.1) is 11.3 Å². The molecule has 0 spiro atoms. The van der Waals surface area contributed by atoms with Crippen LogP contribution in [0.25, 0.3) is 26.9 Å². The molecule has 1 N–H and O–H groups in total. The van der Waals surface area contributed by atoms with Crippen molar-refractivity contribution in [2.24, 2.45) is 0 Å². The topological polar surface area (TPSA) is 131 Å². The van der Waals surface area contributed by atoms with Crippen molar-refractivity contribution in [3.8, 4) is 5.75 Å². The fourth-order valence-electron chi connectivity index (χ4n) is 5.71. The third-order valence-electron chi connectivity index (χ3n) is 8.49. The van der Waals surface area contributed by atoms with Gasteiger partial charge in [-0.25, -0.2) is 21.8 Å². The lowest BCUT2D eigenvalue weighted by atomic mass is 10.1. The Morgan fingerprint density at radius 2 is 1.85 bits per heavy atom. The van der Waals surface area contributed by atoms with Gasteiger partial charge in [0.2, 0.25) is 11.9 Å². The summed E-state index contributed by atoms with van der Waals surface area (Å²) in [6, 6.07) is 13.3. The van der Waals surface area contributed by atoms with Gasteiger partial charge in [0.15, 0.2) is 11.3 Å². The second kappa shape index (κ2) is 10.9. The number of nitrogens with one attached hydrogen (secondary N) is 1. The molecule has 0 aliphatic carbocycles. The summed E-state index contributed by atoms with van der Waals surface area (Å²) in [5, 5.41) is 5.42. The lowest BCUT2D eigenvalue weighted by Crippen LogP contribution is -2.43. The molecule has 1 amide bonds. The van der Waals surface area contributed by atoms with Crippen LogP contribution in [0.4, 0.5) is 17.3 Å². The number of nitrogens with zero attached hydrogens (tertiary/aromatic N) is 6. The first-order valence-corrected chi connectivity index (χ1v) is 16.9. The number of hydrogen-bond acceptors (Lipinski definition) is 10. The zero-order valence-electron chi connectivity index (χ0n) is 25.8. The molecule has 4 aromatic heterocycles. The van der Waals surface area contributed by atoms with E-state index in [4.69, 9.17) is 14.7 Å². The summed E-state index contributed by atoms with van der Waals surface area (Å²) in [5.41, 5.74) is 3.55. The van der Waals surface area contributed by atoms with Crippen molar-refractivity contribution < 1.29 is 17.9 Å². The molecule has 0 radical (unpaired) electrons. The molecule has 5 heterocycles. The number of aromatic nitrogens is 4. The van der Waals surface area contributed by atoms with Crippen LogP contribution in [0.2, 0.25) is 0 Å². The maximum Gasteiger partial charge on any atom is 0.278 e. The zero-order chi connectivity index (χ0) is 32.5. The van der Waals surface area contributed by atoms with E-state index >= 15 is 0 Å². The third kappa shape index (κ3) is 4.63. The minimum atomic E-state index is -4.05. The summed E-state index contributed by atoms with van der Waals surface area (Å²) in [7, 11) is 1.21. The minimum Gasteiger partial charge on any atom is -0.495 e. The molecule has 12 nitrogen and oxygen atoms in total. The van der Waals surface area contributed by atoms with Crippen molar-refractivity contribution in [2.45, 2.75) is 31.2 Å². The molecule has 14 heteroatoms. The Kier molecular flexibility index (Phi) is 7.10. The van der Waals surface area contributed by atoms with Crippen molar-refractivity contribution in [3.63, 3.8) is 0 Å². The molecule has 0 unspecified atom stereocenters. The number of amides is 1. The Balaban J connectivity index is 1.44. The van der Waals surface area contributed by atoms with Crippen LogP contribution in [0.15, 0.2) is 69.8 Å². The van der Waals surface area contributed by atoms with E-state index in [1.54, 1.807) is 46.7 Å². The van der Waals surface area contributed by atoms with E-state index < -0.39 is 10.0 Å². The highest BCUT2D eigenvalue weighted by molar-refractivity contribution is 7.90. The molecular formula is C32H31N7O5S2. The first-order valence-electron chi connectivity index (χ1n) is 14.6. The molecule has 0 bridgehead atoms. The summed E-state index contributed by atoms with van der Waals surface area (Å²) >= 11 is 1.26. The average molecular weight is 658 g/mol. The van der Waals surface area contributed by atoms with E-state index in [1.165, 1.54) is 29.0 Å². The van der Waals surface area contributed by atoms with Gasteiger partial charge in [0, 0.05) is 18.4 Å². The van der Waals surface area contributed by atoms with Crippen LogP contribution >= 0.6 is 11.3 Å². The highest BCUT2D eigenvalue weighted by Crippen LogP contribution is 2.39. The van der Waals surface area contributed by atoms with Crippen LogP contribution in [-0.4, -0.2) is 71.4 Å². The summed E-state index contributed by atoms with van der Waals surface area (Å²) < 4.78 is 36.3. The zero-order valence-corrected chi connectivity index (χ0v) is 27.4. The fourth-order valence-corrected chi connectivity index (χ4v) is 7.76. The lowest BCUT2D eigenvalue weighted by Gasteiger charge is -2.26. The maximum atomic E-state index is 13.9. The van der Waals surface area contributed by atoms with E-state index in [-0.39, 0.29) is 39.6 Å². The number of hydrogen-bond donors (Lipinski definition) is 1. The van der Waals surface area contributed by atoms with E-state index in [2.05, 4.69) is 5.32 Å². The van der Waals surface area contributed by atoms with Crippen molar-refractivity contribution in [3.05, 3.63) is 81.6 Å². The van der Waals surface area contributed by atoms with Gasteiger partial charge < -0.3 is 15.0 Å². The molecule has 0 fully saturated rings. The van der Waals surface area contributed by atoms with Crippen molar-refractivity contribution >= 4 is 71.5 Å². The molecule has 6 aromatic rings. The SMILES string of the molecule is COc1cc2c(cc1Nc1nc3c(ccn3S(=O)(=O)c3ccc(C)cc3)c3nc4ccsc4c(=O)n13)N(C(=O)[C@H](C)N(C)C)CC2. The number of fused-ring (bicyclic) bond motifs is 5. The monoisotopic (exact) mass is 657 g/mol. The molecule has 0 saturated carbocycles. The highest BCUT2D eigenvalue weighted by atomic mass is 32.2. The second-order valence-electron chi connectivity index (χ2n) is 11.5. The first kappa shape index (κ1) is 29.9. The number of aryl methyl sites for hydroxylation is 1. The van der Waals surface area contributed by atoms with E-state index in [1.807, 2.05) is 45.0 Å². The van der Waals surface area contributed by atoms with Gasteiger partial charge >= 0.3 is 0 Å². The number of anilines is 3. The van der Waals surface area contributed by atoms with Gasteiger partial charge in [-0.1, -0.05) is 17.7 Å². The molecule has 1 aliphatic rings. The van der Waals surface area contributed by atoms with Crippen LogP contribution in [0.5, 0.6) is 5.75 Å². The van der Waals surface area contributed by atoms with E-state index in [9.17, 15) is 18.0 Å². The Labute approximate surface area is 268 Å². The number of rotatable bonds is 7. The number of thiophene rings is 1. The van der Waals surface area contributed by atoms with Gasteiger partial charge in [0.25, 0.3) is 15.6 Å². The van der Waals surface area contributed by atoms with Crippen LogP contribution in [0.3, 0.4) is 0 Å². The Hall–Kier alpha value is -4.79. The Morgan fingerprint density at radius 3 is 2.57 bits per heavy atom. The number of benzene rings is 2. The summed E-state index contributed by atoms with van der Waals surface area (Å²) in [4.78, 5) is 40.5. The number of methoxy groups -OCH3 is 1. The molecule has 0 saturated heterocycles.